The minimum atomic E-state index is 0.155. The van der Waals surface area contributed by atoms with Crippen molar-refractivity contribution in [1.29, 1.82) is 0 Å². The van der Waals surface area contributed by atoms with Crippen LogP contribution in [0.1, 0.15) is 62.3 Å². The van der Waals surface area contributed by atoms with Crippen molar-refractivity contribution in [2.75, 3.05) is 0 Å². The van der Waals surface area contributed by atoms with Gasteiger partial charge in [-0.25, -0.2) is 0 Å². The molecule has 0 aromatic heterocycles. The van der Waals surface area contributed by atoms with E-state index >= 15 is 0 Å². The number of nitrogens with one attached hydrogen (secondary N) is 1. The molecule has 0 bridgehead atoms. The number of ether oxygens (including phenoxy) is 1. The van der Waals surface area contributed by atoms with Gasteiger partial charge in [0.1, 0.15) is 0 Å². The van der Waals surface area contributed by atoms with Crippen LogP contribution in [0.15, 0.2) is 0 Å². The minimum absolute atomic E-state index is 0.155. The summed E-state index contributed by atoms with van der Waals surface area (Å²) >= 11 is 0. The summed E-state index contributed by atoms with van der Waals surface area (Å²) in [7, 11) is 0. The van der Waals surface area contributed by atoms with Gasteiger partial charge in [0.15, 0.2) is 0 Å². The Hall–Kier alpha value is -0.0800. The zero-order valence-electron chi connectivity index (χ0n) is 13.1. The molecule has 1 saturated carbocycles. The maximum atomic E-state index is 6.12. The highest BCUT2D eigenvalue weighted by Gasteiger charge is 2.63. The highest BCUT2D eigenvalue weighted by molar-refractivity contribution is 5.16. The van der Waals surface area contributed by atoms with E-state index < -0.39 is 0 Å². The third-order valence-electron chi connectivity index (χ3n) is 3.83. The molecule has 0 saturated heterocycles. The summed E-state index contributed by atoms with van der Waals surface area (Å²) in [4.78, 5) is 0. The zero-order chi connectivity index (χ0) is 13.6. The van der Waals surface area contributed by atoms with Crippen molar-refractivity contribution in [1.82, 2.24) is 5.32 Å². The van der Waals surface area contributed by atoms with Gasteiger partial charge in [0.05, 0.1) is 12.2 Å². The first-order chi connectivity index (χ1) is 7.39. The van der Waals surface area contributed by atoms with Crippen LogP contribution in [0.25, 0.3) is 0 Å². The second-order valence-corrected chi connectivity index (χ2v) is 8.03. The SMILES string of the molecule is CC(C)OC1C(C)(C)C(NC(C)(C)C)C1(C)C. The van der Waals surface area contributed by atoms with Crippen molar-refractivity contribution >= 4 is 0 Å². The van der Waals surface area contributed by atoms with Crippen LogP contribution >= 0.6 is 0 Å². The Morgan fingerprint density at radius 1 is 1.00 bits per heavy atom. The first-order valence-corrected chi connectivity index (χ1v) is 6.82. The zero-order valence-corrected chi connectivity index (χ0v) is 13.1. The fourth-order valence-electron chi connectivity index (χ4n) is 3.55. The Balaban J connectivity index is 2.83. The van der Waals surface area contributed by atoms with Gasteiger partial charge in [-0.15, -0.1) is 0 Å². The smallest absolute Gasteiger partial charge is 0.0710 e. The van der Waals surface area contributed by atoms with Gasteiger partial charge in [0, 0.05) is 22.4 Å². The van der Waals surface area contributed by atoms with E-state index in [2.05, 4.69) is 67.6 Å². The first kappa shape index (κ1) is 15.0. The Morgan fingerprint density at radius 2 is 1.41 bits per heavy atom. The van der Waals surface area contributed by atoms with Crippen molar-refractivity contribution < 1.29 is 4.74 Å². The largest absolute Gasteiger partial charge is 0.374 e. The lowest BCUT2D eigenvalue weighted by Crippen LogP contribution is -2.75. The molecule has 1 rings (SSSR count). The summed E-state index contributed by atoms with van der Waals surface area (Å²) in [5.74, 6) is 0. The summed E-state index contributed by atoms with van der Waals surface area (Å²) in [6.45, 7) is 20.2. The number of hydrogen-bond donors (Lipinski definition) is 1. The monoisotopic (exact) mass is 241 g/mol. The van der Waals surface area contributed by atoms with E-state index in [0.717, 1.165) is 0 Å². The van der Waals surface area contributed by atoms with Gasteiger partial charge in [-0.1, -0.05) is 27.7 Å². The van der Waals surface area contributed by atoms with Gasteiger partial charge in [-0.05, 0) is 34.6 Å². The lowest BCUT2D eigenvalue weighted by molar-refractivity contribution is -0.229. The molecule has 0 amide bonds. The van der Waals surface area contributed by atoms with Gasteiger partial charge >= 0.3 is 0 Å². The molecule has 0 unspecified atom stereocenters. The topological polar surface area (TPSA) is 21.3 Å². The summed E-state index contributed by atoms with van der Waals surface area (Å²) in [5, 5.41) is 3.76. The van der Waals surface area contributed by atoms with Gasteiger partial charge in [0.25, 0.3) is 0 Å². The van der Waals surface area contributed by atoms with Crippen LogP contribution in [0.4, 0.5) is 0 Å². The van der Waals surface area contributed by atoms with Gasteiger partial charge in [-0.2, -0.15) is 0 Å². The van der Waals surface area contributed by atoms with E-state index in [0.29, 0.717) is 18.2 Å². The van der Waals surface area contributed by atoms with Crippen LogP contribution in [0.5, 0.6) is 0 Å². The predicted octanol–water partition coefficient (Wildman–Crippen LogP) is 3.60. The molecule has 0 aromatic carbocycles. The lowest BCUT2D eigenvalue weighted by atomic mass is 9.49. The molecule has 1 aliphatic carbocycles. The van der Waals surface area contributed by atoms with Gasteiger partial charge in [0.2, 0.25) is 0 Å². The molecule has 2 heteroatoms. The standard InChI is InChI=1S/C15H31NO/c1-10(2)17-12-14(6,7)11(15(12,8)9)16-13(3,4)5/h10-12,16H,1-9H3. The van der Waals surface area contributed by atoms with Gasteiger partial charge < -0.3 is 10.1 Å². The average molecular weight is 241 g/mol. The molecule has 2 nitrogen and oxygen atoms in total. The predicted molar refractivity (Wildman–Crippen MR) is 74.2 cm³/mol. The van der Waals surface area contributed by atoms with Crippen LogP contribution in [0, 0.1) is 10.8 Å². The number of rotatable bonds is 3. The van der Waals surface area contributed by atoms with Crippen LogP contribution in [0.3, 0.4) is 0 Å². The van der Waals surface area contributed by atoms with Crippen LogP contribution in [-0.4, -0.2) is 23.8 Å². The fraction of sp³-hybridized carbons (Fsp3) is 1.00. The number of hydrogen-bond acceptors (Lipinski definition) is 2. The maximum absolute atomic E-state index is 6.12. The van der Waals surface area contributed by atoms with E-state index in [1.54, 1.807) is 0 Å². The maximum Gasteiger partial charge on any atom is 0.0710 e. The molecule has 0 radical (unpaired) electrons. The molecule has 1 N–H and O–H groups in total. The van der Waals surface area contributed by atoms with E-state index in [-0.39, 0.29) is 16.4 Å². The molecular weight excluding hydrogens is 210 g/mol. The van der Waals surface area contributed by atoms with Crippen LogP contribution in [0.2, 0.25) is 0 Å². The molecule has 0 heterocycles. The van der Waals surface area contributed by atoms with E-state index in [4.69, 9.17) is 4.74 Å². The second kappa shape index (κ2) is 4.24. The molecular formula is C15H31NO. The lowest BCUT2D eigenvalue weighted by Gasteiger charge is -2.65. The van der Waals surface area contributed by atoms with Crippen molar-refractivity contribution in [3.05, 3.63) is 0 Å². The third kappa shape index (κ3) is 2.85. The summed E-state index contributed by atoms with van der Waals surface area (Å²) in [6.07, 6.45) is 0.629. The highest BCUT2D eigenvalue weighted by atomic mass is 16.5. The third-order valence-corrected chi connectivity index (χ3v) is 3.83. The van der Waals surface area contributed by atoms with Crippen molar-refractivity contribution in [2.24, 2.45) is 10.8 Å². The molecule has 1 fully saturated rings. The summed E-state index contributed by atoms with van der Waals surface area (Å²) in [5.41, 5.74) is 0.546. The molecule has 17 heavy (non-hydrogen) atoms. The molecule has 0 aliphatic heterocycles. The first-order valence-electron chi connectivity index (χ1n) is 6.82. The van der Waals surface area contributed by atoms with Crippen LogP contribution in [-0.2, 0) is 4.74 Å². The Bertz CT molecular complexity index is 257. The minimum Gasteiger partial charge on any atom is -0.374 e. The second-order valence-electron chi connectivity index (χ2n) is 8.03. The summed E-state index contributed by atoms with van der Waals surface area (Å²) in [6, 6.07) is 0.499. The van der Waals surface area contributed by atoms with E-state index in [1.165, 1.54) is 0 Å². The summed E-state index contributed by atoms with van der Waals surface area (Å²) < 4.78 is 6.12. The Labute approximate surface area is 108 Å². The van der Waals surface area contributed by atoms with Crippen molar-refractivity contribution in [2.45, 2.75) is 86.1 Å². The van der Waals surface area contributed by atoms with Crippen molar-refractivity contribution in [3.63, 3.8) is 0 Å². The molecule has 0 aromatic rings. The molecule has 1 aliphatic rings. The molecule has 0 atom stereocenters. The van der Waals surface area contributed by atoms with E-state index in [9.17, 15) is 0 Å². The Kier molecular flexibility index (Phi) is 3.73. The fourth-order valence-corrected chi connectivity index (χ4v) is 3.55. The Morgan fingerprint density at radius 3 is 1.71 bits per heavy atom. The normalized spacial score (nSPS) is 31.4. The molecule has 102 valence electrons. The molecule has 0 spiro atoms. The average Bonchev–Trinajstić information content (AvgIpc) is 2.08. The highest BCUT2D eigenvalue weighted by Crippen LogP contribution is 2.56. The quantitative estimate of drug-likeness (QED) is 0.815. The van der Waals surface area contributed by atoms with Gasteiger partial charge in [-0.3, -0.25) is 0 Å². The van der Waals surface area contributed by atoms with Crippen LogP contribution < -0.4 is 5.32 Å². The van der Waals surface area contributed by atoms with Crippen molar-refractivity contribution in [3.8, 4) is 0 Å². The van der Waals surface area contributed by atoms with E-state index in [1.807, 2.05) is 0 Å².